The van der Waals surface area contributed by atoms with Crippen LogP contribution < -0.4 is 0 Å². The maximum absolute atomic E-state index is 4.07. The summed E-state index contributed by atoms with van der Waals surface area (Å²) in [7, 11) is 0. The van der Waals surface area contributed by atoms with Crippen molar-refractivity contribution in [2.24, 2.45) is 0 Å². The van der Waals surface area contributed by atoms with Gasteiger partial charge in [0.1, 0.15) is 0 Å². The van der Waals surface area contributed by atoms with Gasteiger partial charge in [-0.05, 0) is 35.9 Å². The van der Waals surface area contributed by atoms with Gasteiger partial charge in [-0.3, -0.25) is 4.98 Å². The van der Waals surface area contributed by atoms with E-state index in [0.29, 0.717) is 0 Å². The molecule has 84 valence electrons. The summed E-state index contributed by atoms with van der Waals surface area (Å²) in [5, 5.41) is 12.5. The van der Waals surface area contributed by atoms with Gasteiger partial charge >= 0.3 is 0 Å². The van der Waals surface area contributed by atoms with Crippen molar-refractivity contribution in [2.75, 3.05) is 0 Å². The predicted molar refractivity (Wildman–Crippen MR) is 62.0 cm³/mol. The highest BCUT2D eigenvalue weighted by Crippen LogP contribution is 2.21. The van der Waals surface area contributed by atoms with Crippen LogP contribution in [0.25, 0.3) is 0 Å². The van der Waals surface area contributed by atoms with Crippen LogP contribution in [0.1, 0.15) is 25.5 Å². The maximum Gasteiger partial charge on any atom is 0.209 e. The second kappa shape index (κ2) is 5.07. The fourth-order valence-electron chi connectivity index (χ4n) is 1.24. The van der Waals surface area contributed by atoms with Crippen LogP contribution in [-0.2, 0) is 5.75 Å². The van der Waals surface area contributed by atoms with Crippen LogP contribution in [0.3, 0.4) is 0 Å². The van der Waals surface area contributed by atoms with E-state index in [4.69, 9.17) is 0 Å². The Balaban J connectivity index is 2.02. The van der Waals surface area contributed by atoms with Crippen LogP contribution in [0.4, 0.5) is 0 Å². The van der Waals surface area contributed by atoms with Crippen molar-refractivity contribution < 1.29 is 0 Å². The quantitative estimate of drug-likeness (QED) is 0.758. The molecule has 0 saturated carbocycles. The smallest absolute Gasteiger partial charge is 0.209 e. The Labute approximate surface area is 98.3 Å². The number of hydrogen-bond donors (Lipinski definition) is 0. The fourth-order valence-corrected chi connectivity index (χ4v) is 2.18. The van der Waals surface area contributed by atoms with E-state index in [1.807, 2.05) is 23.0 Å². The molecule has 0 atom stereocenters. The standard InChI is InChI=1S/C10H13N5S/c1-8(2)15-10(12-13-14-15)16-7-9-4-3-5-11-6-9/h3-6,8H,7H2,1-2H3. The van der Waals surface area contributed by atoms with Crippen LogP contribution >= 0.6 is 11.8 Å². The summed E-state index contributed by atoms with van der Waals surface area (Å²) in [6.07, 6.45) is 3.63. The van der Waals surface area contributed by atoms with Crippen LogP contribution in [0.5, 0.6) is 0 Å². The van der Waals surface area contributed by atoms with Crippen LogP contribution in [-0.4, -0.2) is 25.2 Å². The number of aromatic nitrogens is 5. The third-order valence-electron chi connectivity index (χ3n) is 2.04. The first-order chi connectivity index (χ1) is 7.77. The van der Waals surface area contributed by atoms with Crippen LogP contribution in [0.2, 0.25) is 0 Å². The third-order valence-corrected chi connectivity index (χ3v) is 3.05. The average Bonchev–Trinajstić information content (AvgIpc) is 2.76. The minimum Gasteiger partial charge on any atom is -0.264 e. The lowest BCUT2D eigenvalue weighted by atomic mass is 10.3. The minimum atomic E-state index is 0.284. The molecule has 0 bridgehead atoms. The summed E-state index contributed by atoms with van der Waals surface area (Å²) < 4.78 is 1.82. The first-order valence-electron chi connectivity index (χ1n) is 5.07. The predicted octanol–water partition coefficient (Wildman–Crippen LogP) is 1.94. The Bertz CT molecular complexity index is 439. The number of nitrogens with zero attached hydrogens (tertiary/aromatic N) is 5. The second-order valence-corrected chi connectivity index (χ2v) is 4.59. The Morgan fingerprint density at radius 3 is 3.00 bits per heavy atom. The maximum atomic E-state index is 4.07. The van der Waals surface area contributed by atoms with Gasteiger partial charge in [-0.1, -0.05) is 17.8 Å². The molecule has 5 nitrogen and oxygen atoms in total. The SMILES string of the molecule is CC(C)n1nnnc1SCc1cccnc1. The van der Waals surface area contributed by atoms with E-state index in [0.717, 1.165) is 10.9 Å². The summed E-state index contributed by atoms with van der Waals surface area (Å²) in [5.41, 5.74) is 1.17. The highest BCUT2D eigenvalue weighted by Gasteiger charge is 2.09. The van der Waals surface area contributed by atoms with Gasteiger partial charge in [-0.25, -0.2) is 4.68 Å². The molecule has 2 heterocycles. The molecule has 0 N–H and O–H groups in total. The molecule has 0 unspecified atom stereocenters. The molecule has 2 rings (SSSR count). The highest BCUT2D eigenvalue weighted by molar-refractivity contribution is 7.98. The summed E-state index contributed by atoms with van der Waals surface area (Å²) in [4.78, 5) is 4.07. The Kier molecular flexibility index (Phi) is 3.51. The molecular formula is C10H13N5S. The molecule has 0 fully saturated rings. The molecule has 0 saturated heterocycles. The molecule has 0 amide bonds. The largest absolute Gasteiger partial charge is 0.264 e. The topological polar surface area (TPSA) is 56.5 Å². The van der Waals surface area contributed by atoms with Crippen molar-refractivity contribution in [1.29, 1.82) is 0 Å². The zero-order chi connectivity index (χ0) is 11.4. The normalized spacial score (nSPS) is 10.9. The van der Waals surface area contributed by atoms with Crippen LogP contribution in [0.15, 0.2) is 29.7 Å². The zero-order valence-corrected chi connectivity index (χ0v) is 10.1. The number of rotatable bonds is 4. The Morgan fingerprint density at radius 1 is 1.44 bits per heavy atom. The van der Waals surface area contributed by atoms with E-state index in [1.165, 1.54) is 5.56 Å². The number of hydrogen-bond acceptors (Lipinski definition) is 5. The van der Waals surface area contributed by atoms with E-state index in [-0.39, 0.29) is 6.04 Å². The molecule has 0 spiro atoms. The van der Waals surface area contributed by atoms with Gasteiger partial charge in [0, 0.05) is 18.1 Å². The summed E-state index contributed by atoms with van der Waals surface area (Å²) in [6, 6.07) is 4.26. The van der Waals surface area contributed by atoms with Crippen molar-refractivity contribution in [1.82, 2.24) is 25.2 Å². The van der Waals surface area contributed by atoms with Gasteiger partial charge in [0.25, 0.3) is 0 Å². The van der Waals surface area contributed by atoms with Crippen molar-refractivity contribution in [3.8, 4) is 0 Å². The molecule has 16 heavy (non-hydrogen) atoms. The van der Waals surface area contributed by atoms with Crippen molar-refractivity contribution in [3.63, 3.8) is 0 Å². The lowest BCUT2D eigenvalue weighted by Gasteiger charge is -2.06. The van der Waals surface area contributed by atoms with Gasteiger partial charge in [-0.2, -0.15) is 0 Å². The Hall–Kier alpha value is -1.43. The van der Waals surface area contributed by atoms with Crippen LogP contribution in [0, 0.1) is 0 Å². The van der Waals surface area contributed by atoms with Crippen molar-refractivity contribution in [2.45, 2.75) is 30.8 Å². The van der Waals surface area contributed by atoms with E-state index >= 15 is 0 Å². The monoisotopic (exact) mass is 235 g/mol. The molecule has 0 aliphatic heterocycles. The van der Waals surface area contributed by atoms with Gasteiger partial charge in [-0.15, -0.1) is 5.10 Å². The molecule has 6 heteroatoms. The number of tetrazole rings is 1. The van der Waals surface area contributed by atoms with E-state index in [9.17, 15) is 0 Å². The lowest BCUT2D eigenvalue weighted by molar-refractivity contribution is 0.477. The number of thioether (sulfide) groups is 1. The molecule has 0 aromatic carbocycles. The molecule has 2 aromatic heterocycles. The fraction of sp³-hybridized carbons (Fsp3) is 0.400. The van der Waals surface area contributed by atoms with Gasteiger partial charge in [0.2, 0.25) is 5.16 Å². The van der Waals surface area contributed by atoms with E-state index in [2.05, 4.69) is 34.4 Å². The molecule has 2 aromatic rings. The average molecular weight is 235 g/mol. The second-order valence-electron chi connectivity index (χ2n) is 3.65. The summed E-state index contributed by atoms with van der Waals surface area (Å²) >= 11 is 1.62. The van der Waals surface area contributed by atoms with Gasteiger partial charge in [0.15, 0.2) is 0 Å². The highest BCUT2D eigenvalue weighted by atomic mass is 32.2. The lowest BCUT2D eigenvalue weighted by Crippen LogP contribution is -2.04. The van der Waals surface area contributed by atoms with Crippen molar-refractivity contribution >= 4 is 11.8 Å². The third kappa shape index (κ3) is 2.57. The van der Waals surface area contributed by atoms with Crippen molar-refractivity contribution in [3.05, 3.63) is 30.1 Å². The summed E-state index contributed by atoms with van der Waals surface area (Å²) in [6.45, 7) is 4.12. The summed E-state index contributed by atoms with van der Waals surface area (Å²) in [5.74, 6) is 0.834. The molecular weight excluding hydrogens is 222 g/mol. The minimum absolute atomic E-state index is 0.284. The van der Waals surface area contributed by atoms with Gasteiger partial charge < -0.3 is 0 Å². The first-order valence-corrected chi connectivity index (χ1v) is 6.05. The number of pyridine rings is 1. The van der Waals surface area contributed by atoms with E-state index in [1.54, 1.807) is 18.0 Å². The molecule has 0 aliphatic carbocycles. The van der Waals surface area contributed by atoms with Gasteiger partial charge in [0.05, 0.1) is 6.04 Å². The van der Waals surface area contributed by atoms with E-state index < -0.39 is 0 Å². The Morgan fingerprint density at radius 2 is 2.31 bits per heavy atom. The zero-order valence-electron chi connectivity index (χ0n) is 9.24. The first kappa shape index (κ1) is 11.1. The molecule has 0 aliphatic rings. The molecule has 0 radical (unpaired) electrons.